The molecule has 1 aromatic heterocycles. The van der Waals surface area contributed by atoms with E-state index in [1.165, 1.54) is 22.6 Å². The molecule has 0 amide bonds. The molecular formula is C17H19BrN4S. The molecule has 1 aromatic carbocycles. The van der Waals surface area contributed by atoms with Crippen molar-refractivity contribution in [3.05, 3.63) is 46.2 Å². The highest BCUT2D eigenvalue weighted by molar-refractivity contribution is 9.10. The number of hydrogen-bond acceptors (Lipinski definition) is 5. The van der Waals surface area contributed by atoms with Gasteiger partial charge in [-0.1, -0.05) is 22.0 Å². The van der Waals surface area contributed by atoms with E-state index in [9.17, 15) is 0 Å². The summed E-state index contributed by atoms with van der Waals surface area (Å²) in [6.07, 6.45) is 2.78. The third-order valence-corrected chi connectivity index (χ3v) is 5.91. The molecule has 6 heteroatoms. The van der Waals surface area contributed by atoms with Crippen molar-refractivity contribution < 1.29 is 0 Å². The van der Waals surface area contributed by atoms with E-state index in [-0.39, 0.29) is 0 Å². The first-order chi connectivity index (χ1) is 11.3. The Morgan fingerprint density at radius 1 is 0.913 bits per heavy atom. The third kappa shape index (κ3) is 3.33. The van der Waals surface area contributed by atoms with Crippen LogP contribution in [0.2, 0.25) is 0 Å². The van der Waals surface area contributed by atoms with Crippen molar-refractivity contribution in [3.63, 3.8) is 0 Å². The van der Waals surface area contributed by atoms with Crippen molar-refractivity contribution in [1.29, 1.82) is 0 Å². The zero-order valence-corrected chi connectivity index (χ0v) is 15.3. The average molecular weight is 391 g/mol. The quantitative estimate of drug-likeness (QED) is 0.784. The van der Waals surface area contributed by atoms with Gasteiger partial charge in [-0.05, 0) is 29.7 Å². The third-order valence-electron chi connectivity index (χ3n) is 4.48. The summed E-state index contributed by atoms with van der Waals surface area (Å²) in [5, 5.41) is 0. The zero-order valence-electron chi connectivity index (χ0n) is 12.9. The molecule has 0 unspecified atom stereocenters. The fraction of sp³-hybridized carbons (Fsp3) is 0.412. The van der Waals surface area contributed by atoms with E-state index in [2.05, 4.69) is 60.0 Å². The summed E-state index contributed by atoms with van der Waals surface area (Å²) >= 11 is 5.58. The van der Waals surface area contributed by atoms with E-state index in [1.54, 1.807) is 6.33 Å². The molecule has 4 rings (SSSR count). The van der Waals surface area contributed by atoms with Gasteiger partial charge in [0.2, 0.25) is 0 Å². The summed E-state index contributed by atoms with van der Waals surface area (Å²) in [4.78, 5) is 13.7. The van der Waals surface area contributed by atoms with Crippen LogP contribution in [0, 0.1) is 0 Å². The van der Waals surface area contributed by atoms with E-state index in [4.69, 9.17) is 0 Å². The molecule has 2 aromatic rings. The second kappa shape index (κ2) is 6.69. The molecule has 2 aliphatic heterocycles. The lowest BCUT2D eigenvalue weighted by molar-refractivity contribution is 0.717. The first-order valence-electron chi connectivity index (χ1n) is 7.96. The Labute approximate surface area is 149 Å². The molecule has 0 spiro atoms. The van der Waals surface area contributed by atoms with Gasteiger partial charge in [0, 0.05) is 48.2 Å². The number of benzene rings is 1. The fourth-order valence-corrected chi connectivity index (χ4v) is 4.50. The Kier molecular flexibility index (Phi) is 4.44. The number of thioether (sulfide) groups is 1. The minimum atomic E-state index is 0.926. The van der Waals surface area contributed by atoms with Crippen molar-refractivity contribution in [1.82, 2.24) is 9.97 Å². The Morgan fingerprint density at radius 3 is 2.52 bits per heavy atom. The maximum Gasteiger partial charge on any atom is 0.134 e. The lowest BCUT2D eigenvalue weighted by Crippen LogP contribution is -2.34. The summed E-state index contributed by atoms with van der Waals surface area (Å²) in [5.41, 5.74) is 2.84. The smallest absolute Gasteiger partial charge is 0.134 e. The number of halogens is 1. The fourth-order valence-electron chi connectivity index (χ4n) is 3.19. The largest absolute Gasteiger partial charge is 0.355 e. The number of hydrogen-bond donors (Lipinski definition) is 0. The van der Waals surface area contributed by atoms with Crippen LogP contribution < -0.4 is 9.80 Å². The van der Waals surface area contributed by atoms with Gasteiger partial charge in [-0.2, -0.15) is 11.8 Å². The molecule has 0 bridgehead atoms. The van der Waals surface area contributed by atoms with Gasteiger partial charge in [0.25, 0.3) is 0 Å². The van der Waals surface area contributed by atoms with Crippen molar-refractivity contribution in [2.24, 2.45) is 0 Å². The van der Waals surface area contributed by atoms with Crippen LogP contribution in [0.3, 0.4) is 0 Å². The van der Waals surface area contributed by atoms with Crippen molar-refractivity contribution in [3.8, 4) is 0 Å². The van der Waals surface area contributed by atoms with Gasteiger partial charge >= 0.3 is 0 Å². The van der Waals surface area contributed by atoms with Gasteiger partial charge in [0.15, 0.2) is 0 Å². The highest BCUT2D eigenvalue weighted by Crippen LogP contribution is 2.27. The highest BCUT2D eigenvalue weighted by Gasteiger charge is 2.19. The zero-order chi connectivity index (χ0) is 15.6. The van der Waals surface area contributed by atoms with Crippen LogP contribution in [0.25, 0.3) is 0 Å². The number of nitrogens with zero attached hydrogens (tertiary/aromatic N) is 4. The Morgan fingerprint density at radius 2 is 1.70 bits per heavy atom. The SMILES string of the molecule is Brc1ccc2c(c1)CCN(c1cc(N3CCSCC3)ncn1)C2. The second-order valence-electron chi connectivity index (χ2n) is 5.92. The topological polar surface area (TPSA) is 32.3 Å². The summed E-state index contributed by atoms with van der Waals surface area (Å²) in [6, 6.07) is 8.73. The Balaban J connectivity index is 1.55. The van der Waals surface area contributed by atoms with Crippen LogP contribution in [0.5, 0.6) is 0 Å². The second-order valence-corrected chi connectivity index (χ2v) is 8.06. The maximum atomic E-state index is 4.52. The molecule has 4 nitrogen and oxygen atoms in total. The van der Waals surface area contributed by atoms with Crippen LogP contribution in [-0.4, -0.2) is 41.1 Å². The van der Waals surface area contributed by atoms with Crippen LogP contribution in [0.1, 0.15) is 11.1 Å². The highest BCUT2D eigenvalue weighted by atomic mass is 79.9. The minimum Gasteiger partial charge on any atom is -0.355 e. The Hall–Kier alpha value is -1.27. The van der Waals surface area contributed by atoms with E-state index < -0.39 is 0 Å². The van der Waals surface area contributed by atoms with Crippen LogP contribution in [0.4, 0.5) is 11.6 Å². The predicted octanol–water partition coefficient (Wildman–Crippen LogP) is 3.36. The molecule has 0 N–H and O–H groups in total. The van der Waals surface area contributed by atoms with E-state index in [0.29, 0.717) is 0 Å². The molecule has 0 saturated carbocycles. The van der Waals surface area contributed by atoms with Crippen molar-refractivity contribution in [2.45, 2.75) is 13.0 Å². The molecular weight excluding hydrogens is 372 g/mol. The minimum absolute atomic E-state index is 0.926. The molecule has 23 heavy (non-hydrogen) atoms. The number of fused-ring (bicyclic) bond motifs is 1. The van der Waals surface area contributed by atoms with E-state index in [0.717, 1.165) is 48.7 Å². The molecule has 2 aliphatic rings. The monoisotopic (exact) mass is 390 g/mol. The number of anilines is 2. The van der Waals surface area contributed by atoms with Crippen LogP contribution in [-0.2, 0) is 13.0 Å². The van der Waals surface area contributed by atoms with Crippen molar-refractivity contribution >= 4 is 39.3 Å². The average Bonchev–Trinajstić information content (AvgIpc) is 2.62. The number of rotatable bonds is 2. The normalized spacial score (nSPS) is 18.0. The number of aromatic nitrogens is 2. The lowest BCUT2D eigenvalue weighted by Gasteiger charge is -2.31. The summed E-state index contributed by atoms with van der Waals surface area (Å²) < 4.78 is 1.16. The summed E-state index contributed by atoms with van der Waals surface area (Å²) in [6.45, 7) is 4.10. The summed E-state index contributed by atoms with van der Waals surface area (Å²) in [5.74, 6) is 4.48. The molecule has 0 radical (unpaired) electrons. The standard InChI is InChI=1S/C17H19BrN4S/c18-15-2-1-14-11-22(4-3-13(14)9-15)17-10-16(19-12-20-17)21-5-7-23-8-6-21/h1-2,9-10,12H,3-8,11H2. The molecule has 3 heterocycles. The lowest BCUT2D eigenvalue weighted by atomic mass is 10.00. The van der Waals surface area contributed by atoms with Gasteiger partial charge in [-0.3, -0.25) is 0 Å². The molecule has 1 fully saturated rings. The molecule has 120 valence electrons. The van der Waals surface area contributed by atoms with Crippen molar-refractivity contribution in [2.75, 3.05) is 40.9 Å². The van der Waals surface area contributed by atoms with Gasteiger partial charge in [0.05, 0.1) is 0 Å². The Bertz CT molecular complexity index is 703. The van der Waals surface area contributed by atoms with Crippen LogP contribution in [0.15, 0.2) is 35.1 Å². The van der Waals surface area contributed by atoms with Gasteiger partial charge < -0.3 is 9.80 Å². The molecule has 1 saturated heterocycles. The van der Waals surface area contributed by atoms with Gasteiger partial charge in [-0.25, -0.2) is 9.97 Å². The molecule has 0 aliphatic carbocycles. The first-order valence-corrected chi connectivity index (χ1v) is 9.91. The van der Waals surface area contributed by atoms with Gasteiger partial charge in [-0.15, -0.1) is 0 Å². The van der Waals surface area contributed by atoms with Crippen LogP contribution >= 0.6 is 27.7 Å². The van der Waals surface area contributed by atoms with E-state index >= 15 is 0 Å². The predicted molar refractivity (Wildman–Crippen MR) is 100 cm³/mol. The van der Waals surface area contributed by atoms with Gasteiger partial charge in [0.1, 0.15) is 18.0 Å². The summed E-state index contributed by atoms with van der Waals surface area (Å²) in [7, 11) is 0. The molecule has 0 atom stereocenters. The first kappa shape index (κ1) is 15.3. The maximum absolute atomic E-state index is 4.52. The van der Waals surface area contributed by atoms with E-state index in [1.807, 2.05) is 11.8 Å².